The highest BCUT2D eigenvalue weighted by Gasteiger charge is 2.32. The summed E-state index contributed by atoms with van der Waals surface area (Å²) in [4.78, 5) is 10.9. The third-order valence-electron chi connectivity index (χ3n) is 2.39. The van der Waals surface area contributed by atoms with Crippen molar-refractivity contribution in [2.24, 2.45) is 0 Å². The first-order valence-corrected chi connectivity index (χ1v) is 4.95. The van der Waals surface area contributed by atoms with Crippen LogP contribution in [0, 0.1) is 0 Å². The van der Waals surface area contributed by atoms with Crippen molar-refractivity contribution in [3.05, 3.63) is 23.3 Å². The summed E-state index contributed by atoms with van der Waals surface area (Å²) in [7, 11) is 0. The number of fused-ring (bicyclic) bond motifs is 1. The van der Waals surface area contributed by atoms with Crippen molar-refractivity contribution in [3.8, 4) is 11.5 Å². The molecule has 1 N–H and O–H groups in total. The molecule has 0 fully saturated rings. The number of alkyl halides is 2. The number of hydrogen-bond donors (Lipinski definition) is 1. The maximum absolute atomic E-state index is 13.3. The van der Waals surface area contributed by atoms with Crippen LogP contribution in [0.1, 0.15) is 22.8 Å². The molecule has 1 aromatic carbocycles. The van der Waals surface area contributed by atoms with Crippen molar-refractivity contribution in [1.29, 1.82) is 0 Å². The third kappa shape index (κ3) is 2.15. The van der Waals surface area contributed by atoms with E-state index in [2.05, 4.69) is 0 Å². The van der Waals surface area contributed by atoms with E-state index in [1.54, 1.807) is 0 Å². The highest BCUT2D eigenvalue weighted by molar-refractivity contribution is 5.90. The lowest BCUT2D eigenvalue weighted by atomic mass is 10.0. The number of hydrogen-bond acceptors (Lipinski definition) is 3. The molecule has 0 radical (unpaired) electrons. The van der Waals surface area contributed by atoms with Gasteiger partial charge >= 0.3 is 5.97 Å². The number of benzene rings is 1. The van der Waals surface area contributed by atoms with Crippen molar-refractivity contribution in [3.63, 3.8) is 0 Å². The molecule has 0 aromatic heterocycles. The lowest BCUT2D eigenvalue weighted by molar-refractivity contribution is 0.0147. The van der Waals surface area contributed by atoms with E-state index in [0.29, 0.717) is 6.92 Å². The molecule has 0 aliphatic carbocycles. The van der Waals surface area contributed by atoms with Crippen LogP contribution >= 0.6 is 0 Å². The maximum atomic E-state index is 13.3. The summed E-state index contributed by atoms with van der Waals surface area (Å²) in [5.41, 5.74) is -1.05. The molecule has 6 heteroatoms. The first kappa shape index (κ1) is 11.6. The van der Waals surface area contributed by atoms with Crippen molar-refractivity contribution < 1.29 is 28.2 Å². The Labute approximate surface area is 95.8 Å². The molecule has 1 aliphatic rings. The summed E-state index contributed by atoms with van der Waals surface area (Å²) in [5.74, 6) is -4.33. The van der Waals surface area contributed by atoms with Crippen LogP contribution in [0.2, 0.25) is 0 Å². The van der Waals surface area contributed by atoms with Crippen LogP contribution in [0.15, 0.2) is 12.1 Å². The average Bonchev–Trinajstić information content (AvgIpc) is 2.26. The Hall–Kier alpha value is -1.85. The summed E-state index contributed by atoms with van der Waals surface area (Å²) in [6.45, 7) is 1.17. The largest absolute Gasteiger partial charge is 0.486 e. The van der Waals surface area contributed by atoms with Crippen molar-refractivity contribution in [1.82, 2.24) is 0 Å². The molecule has 0 saturated heterocycles. The second-order valence-corrected chi connectivity index (χ2v) is 3.73. The molecule has 17 heavy (non-hydrogen) atoms. The van der Waals surface area contributed by atoms with Gasteiger partial charge in [-0.2, -0.15) is 0 Å². The number of carboxylic acid groups (broad SMARTS) is 1. The SMILES string of the molecule is CC(F)(F)c1cc2c(cc1C(=O)O)OCCO2. The number of carbonyl (C=O) groups is 1. The average molecular weight is 244 g/mol. The Morgan fingerprint density at radius 3 is 2.29 bits per heavy atom. The second-order valence-electron chi connectivity index (χ2n) is 3.73. The Morgan fingerprint density at radius 1 is 1.29 bits per heavy atom. The van der Waals surface area contributed by atoms with Gasteiger partial charge in [0.05, 0.1) is 5.56 Å². The maximum Gasteiger partial charge on any atom is 0.336 e. The van der Waals surface area contributed by atoms with Gasteiger partial charge in [0.1, 0.15) is 13.2 Å². The van der Waals surface area contributed by atoms with Crippen LogP contribution in [0.5, 0.6) is 11.5 Å². The molecule has 2 rings (SSSR count). The standard InChI is InChI=1S/C11H10F2O4/c1-11(12,13)7-5-9-8(16-2-3-17-9)4-6(7)10(14)15/h4-5H,2-3H2,1H3,(H,14,15). The first-order valence-electron chi connectivity index (χ1n) is 4.95. The van der Waals surface area contributed by atoms with Crippen molar-refractivity contribution >= 4 is 5.97 Å². The summed E-state index contributed by atoms with van der Waals surface area (Å²) in [6, 6.07) is 2.10. The smallest absolute Gasteiger partial charge is 0.336 e. The fourth-order valence-electron chi connectivity index (χ4n) is 1.63. The van der Waals surface area contributed by atoms with Gasteiger partial charge in [0.15, 0.2) is 11.5 Å². The number of halogens is 2. The van der Waals surface area contributed by atoms with Gasteiger partial charge < -0.3 is 14.6 Å². The Bertz CT molecular complexity index is 465. The van der Waals surface area contributed by atoms with Crippen LogP contribution in [0.4, 0.5) is 8.78 Å². The number of ether oxygens (including phenoxy) is 2. The zero-order valence-electron chi connectivity index (χ0n) is 9.00. The van der Waals surface area contributed by atoms with Gasteiger partial charge in [-0.05, 0) is 12.1 Å². The quantitative estimate of drug-likeness (QED) is 0.867. The highest BCUT2D eigenvalue weighted by atomic mass is 19.3. The fourth-order valence-corrected chi connectivity index (χ4v) is 1.63. The molecule has 0 bridgehead atoms. The number of aromatic carboxylic acids is 1. The minimum absolute atomic E-state index is 0.151. The summed E-state index contributed by atoms with van der Waals surface area (Å²) in [5, 5.41) is 8.90. The van der Waals surface area contributed by atoms with Crippen LogP contribution in [-0.4, -0.2) is 24.3 Å². The zero-order chi connectivity index (χ0) is 12.6. The lowest BCUT2D eigenvalue weighted by Crippen LogP contribution is -2.19. The zero-order valence-corrected chi connectivity index (χ0v) is 9.00. The van der Waals surface area contributed by atoms with Gasteiger partial charge in [-0.25, -0.2) is 13.6 Å². The summed E-state index contributed by atoms with van der Waals surface area (Å²) in [6.07, 6.45) is 0. The second kappa shape index (κ2) is 3.87. The molecule has 1 heterocycles. The molecule has 4 nitrogen and oxygen atoms in total. The molecule has 1 aliphatic heterocycles. The Kier molecular flexibility index (Phi) is 2.65. The van der Waals surface area contributed by atoms with Gasteiger partial charge in [0.25, 0.3) is 5.92 Å². The van der Waals surface area contributed by atoms with Gasteiger partial charge in [-0.15, -0.1) is 0 Å². The lowest BCUT2D eigenvalue weighted by Gasteiger charge is -2.22. The molecule has 92 valence electrons. The first-order chi connectivity index (χ1) is 7.89. The van der Waals surface area contributed by atoms with Crippen LogP contribution in [-0.2, 0) is 5.92 Å². The Balaban J connectivity index is 2.60. The monoisotopic (exact) mass is 244 g/mol. The van der Waals surface area contributed by atoms with E-state index in [1.807, 2.05) is 0 Å². The van der Waals surface area contributed by atoms with Crippen LogP contribution in [0.25, 0.3) is 0 Å². The normalized spacial score (nSPS) is 14.5. The molecule has 1 aromatic rings. The molecule has 0 atom stereocenters. The van der Waals surface area contributed by atoms with E-state index in [1.165, 1.54) is 0 Å². The molecule has 0 spiro atoms. The molecular formula is C11H10F2O4. The summed E-state index contributed by atoms with van der Waals surface area (Å²) >= 11 is 0. The predicted octanol–water partition coefficient (Wildman–Crippen LogP) is 2.27. The topological polar surface area (TPSA) is 55.8 Å². The minimum atomic E-state index is -3.25. The fraction of sp³-hybridized carbons (Fsp3) is 0.364. The number of carboxylic acids is 1. The molecular weight excluding hydrogens is 234 g/mol. The van der Waals surface area contributed by atoms with E-state index < -0.39 is 23.0 Å². The van der Waals surface area contributed by atoms with Crippen LogP contribution < -0.4 is 9.47 Å². The van der Waals surface area contributed by atoms with E-state index in [-0.39, 0.29) is 24.7 Å². The van der Waals surface area contributed by atoms with Gasteiger partial charge in [-0.1, -0.05) is 0 Å². The number of rotatable bonds is 2. The van der Waals surface area contributed by atoms with E-state index in [0.717, 1.165) is 12.1 Å². The van der Waals surface area contributed by atoms with E-state index >= 15 is 0 Å². The molecule has 0 amide bonds. The highest BCUT2D eigenvalue weighted by Crippen LogP contribution is 2.39. The van der Waals surface area contributed by atoms with E-state index in [9.17, 15) is 13.6 Å². The molecule has 0 unspecified atom stereocenters. The minimum Gasteiger partial charge on any atom is -0.486 e. The predicted molar refractivity (Wildman–Crippen MR) is 54.0 cm³/mol. The van der Waals surface area contributed by atoms with Gasteiger partial charge in [0, 0.05) is 12.5 Å². The Morgan fingerprint density at radius 2 is 1.82 bits per heavy atom. The van der Waals surface area contributed by atoms with E-state index in [4.69, 9.17) is 14.6 Å². The van der Waals surface area contributed by atoms with Crippen LogP contribution in [0.3, 0.4) is 0 Å². The summed E-state index contributed by atoms with van der Waals surface area (Å²) < 4.78 is 36.9. The van der Waals surface area contributed by atoms with Gasteiger partial charge in [0.2, 0.25) is 0 Å². The molecule has 0 saturated carbocycles. The third-order valence-corrected chi connectivity index (χ3v) is 2.39. The van der Waals surface area contributed by atoms with Crippen molar-refractivity contribution in [2.75, 3.05) is 13.2 Å². The van der Waals surface area contributed by atoms with Gasteiger partial charge in [-0.3, -0.25) is 0 Å². The van der Waals surface area contributed by atoms with Crippen molar-refractivity contribution in [2.45, 2.75) is 12.8 Å².